The normalized spacial score (nSPS) is 17.0. The molecule has 1 unspecified atom stereocenters. The lowest BCUT2D eigenvalue weighted by Crippen LogP contribution is -2.18. The minimum absolute atomic E-state index is 0.123. The van der Waals surface area contributed by atoms with E-state index in [0.717, 1.165) is 16.2 Å². The number of hydrogen-bond donors (Lipinski definition) is 0. The molecule has 2 aromatic carbocycles. The third kappa shape index (κ3) is 3.77. The lowest BCUT2D eigenvalue weighted by Gasteiger charge is -2.17. The molecule has 0 N–H and O–H groups in total. The number of methoxy groups -OCH3 is 1. The van der Waals surface area contributed by atoms with Crippen LogP contribution in [0.1, 0.15) is 16.4 Å². The number of ether oxygens (including phenoxy) is 2. The van der Waals surface area contributed by atoms with Crippen LogP contribution in [0, 0.1) is 0 Å². The largest absolute Gasteiger partial charge is 0.573 e. The zero-order valence-corrected chi connectivity index (χ0v) is 14.4. The van der Waals surface area contributed by atoms with Crippen molar-refractivity contribution in [1.82, 2.24) is 0 Å². The highest BCUT2D eigenvalue weighted by Crippen LogP contribution is 2.50. The summed E-state index contributed by atoms with van der Waals surface area (Å²) < 4.78 is 47.9. The Labute approximate surface area is 144 Å². The van der Waals surface area contributed by atoms with E-state index in [4.69, 9.17) is 4.74 Å². The number of thioether (sulfide) groups is 1. The molecule has 3 rings (SSSR count). The zero-order chi connectivity index (χ0) is 16.6. The first kappa shape index (κ1) is 16.5. The van der Waals surface area contributed by atoms with E-state index < -0.39 is 6.36 Å². The van der Waals surface area contributed by atoms with Crippen molar-refractivity contribution < 1.29 is 22.6 Å². The molecule has 7 heteroatoms. The molecule has 1 aliphatic heterocycles. The van der Waals surface area contributed by atoms with Gasteiger partial charge in [0.1, 0.15) is 11.5 Å². The molecule has 23 heavy (non-hydrogen) atoms. The summed E-state index contributed by atoms with van der Waals surface area (Å²) in [6.45, 7) is 0. The van der Waals surface area contributed by atoms with Gasteiger partial charge in [-0.05, 0) is 36.2 Å². The van der Waals surface area contributed by atoms with Crippen molar-refractivity contribution in [1.29, 1.82) is 0 Å². The lowest BCUT2D eigenvalue weighted by molar-refractivity contribution is -0.274. The predicted molar refractivity (Wildman–Crippen MR) is 86.1 cm³/mol. The highest BCUT2D eigenvalue weighted by molar-refractivity contribution is 9.10. The Hall–Kier alpha value is -1.34. The van der Waals surface area contributed by atoms with Gasteiger partial charge < -0.3 is 9.47 Å². The number of halogens is 4. The first-order valence-electron chi connectivity index (χ1n) is 6.74. The van der Waals surface area contributed by atoms with Crippen LogP contribution in [-0.4, -0.2) is 13.5 Å². The summed E-state index contributed by atoms with van der Waals surface area (Å²) in [6, 6.07) is 10.5. The average Bonchev–Trinajstić information content (AvgIpc) is 2.88. The van der Waals surface area contributed by atoms with Crippen molar-refractivity contribution in [3.05, 3.63) is 52.0 Å². The maximum Gasteiger partial charge on any atom is 0.573 e. The van der Waals surface area contributed by atoms with Crippen molar-refractivity contribution in [3.63, 3.8) is 0 Å². The monoisotopic (exact) mass is 404 g/mol. The second-order valence-corrected chi connectivity index (χ2v) is 7.17. The molecule has 2 nitrogen and oxygen atoms in total. The fraction of sp³-hybridized carbons (Fsp3) is 0.250. The van der Waals surface area contributed by atoms with Gasteiger partial charge in [-0.2, -0.15) is 0 Å². The summed E-state index contributed by atoms with van der Waals surface area (Å²) in [5.41, 5.74) is 1.63. The molecular formula is C16H12BrF3O2S. The molecule has 0 fully saturated rings. The van der Waals surface area contributed by atoms with E-state index in [9.17, 15) is 13.2 Å². The van der Waals surface area contributed by atoms with Gasteiger partial charge in [0.2, 0.25) is 0 Å². The first-order chi connectivity index (χ1) is 10.9. The van der Waals surface area contributed by atoms with E-state index in [1.54, 1.807) is 19.2 Å². The summed E-state index contributed by atoms with van der Waals surface area (Å²) in [5, 5.41) is -0.123. The molecule has 0 aromatic heterocycles. The van der Waals surface area contributed by atoms with E-state index in [1.165, 1.54) is 17.8 Å². The van der Waals surface area contributed by atoms with Crippen LogP contribution in [0.15, 0.2) is 45.8 Å². The van der Waals surface area contributed by atoms with Gasteiger partial charge in [-0.25, -0.2) is 0 Å². The van der Waals surface area contributed by atoms with E-state index in [1.807, 2.05) is 18.2 Å². The van der Waals surface area contributed by atoms with Crippen LogP contribution in [0.3, 0.4) is 0 Å². The topological polar surface area (TPSA) is 18.5 Å². The van der Waals surface area contributed by atoms with Crippen LogP contribution >= 0.6 is 27.7 Å². The average molecular weight is 405 g/mol. The zero-order valence-electron chi connectivity index (χ0n) is 12.0. The smallest absolute Gasteiger partial charge is 0.497 e. The summed E-state index contributed by atoms with van der Waals surface area (Å²) in [5.74, 6) is 0.573. The Kier molecular flexibility index (Phi) is 4.51. The molecule has 0 saturated heterocycles. The second kappa shape index (κ2) is 6.28. The summed E-state index contributed by atoms with van der Waals surface area (Å²) >= 11 is 4.71. The van der Waals surface area contributed by atoms with Crippen molar-refractivity contribution in [2.45, 2.75) is 22.9 Å². The molecule has 0 amide bonds. The summed E-state index contributed by atoms with van der Waals surface area (Å²) in [7, 11) is 1.59. The molecule has 1 aliphatic rings. The van der Waals surface area contributed by atoms with Crippen molar-refractivity contribution in [3.8, 4) is 11.5 Å². The standard InChI is InChI=1S/C16H12BrF3O2S/c1-21-11-4-2-9-6-15(23-14(9)8-11)12-5-3-10(17)7-13(12)22-16(18,19)20/h2-5,7-8,15H,6H2,1H3. The molecule has 0 radical (unpaired) electrons. The van der Waals surface area contributed by atoms with Gasteiger partial charge in [0.25, 0.3) is 0 Å². The van der Waals surface area contributed by atoms with Gasteiger partial charge in [0, 0.05) is 20.2 Å². The maximum absolute atomic E-state index is 12.6. The number of rotatable bonds is 3. The van der Waals surface area contributed by atoms with E-state index in [0.29, 0.717) is 16.5 Å². The molecule has 1 atom stereocenters. The maximum atomic E-state index is 12.6. The second-order valence-electron chi connectivity index (χ2n) is 5.01. The fourth-order valence-corrected chi connectivity index (χ4v) is 4.21. The Morgan fingerprint density at radius 3 is 2.65 bits per heavy atom. The van der Waals surface area contributed by atoms with Gasteiger partial charge in [0.05, 0.1) is 7.11 Å². The van der Waals surface area contributed by atoms with Crippen LogP contribution in [0.2, 0.25) is 0 Å². The molecule has 122 valence electrons. The quantitative estimate of drug-likeness (QED) is 0.649. The minimum Gasteiger partial charge on any atom is -0.497 e. The predicted octanol–water partition coefficient (Wildman–Crippen LogP) is 5.75. The molecule has 0 bridgehead atoms. The number of alkyl halides is 3. The van der Waals surface area contributed by atoms with Gasteiger partial charge in [0.15, 0.2) is 0 Å². The fourth-order valence-electron chi connectivity index (χ4n) is 2.50. The van der Waals surface area contributed by atoms with Gasteiger partial charge in [-0.1, -0.05) is 28.1 Å². The van der Waals surface area contributed by atoms with Crippen molar-refractivity contribution >= 4 is 27.7 Å². The lowest BCUT2D eigenvalue weighted by atomic mass is 10.0. The third-order valence-electron chi connectivity index (χ3n) is 3.50. The molecular weight excluding hydrogens is 393 g/mol. The first-order valence-corrected chi connectivity index (χ1v) is 8.42. The molecule has 0 aliphatic carbocycles. The highest BCUT2D eigenvalue weighted by atomic mass is 79.9. The molecule has 0 saturated carbocycles. The van der Waals surface area contributed by atoms with E-state index in [2.05, 4.69) is 20.7 Å². The highest BCUT2D eigenvalue weighted by Gasteiger charge is 2.34. The number of fused-ring (bicyclic) bond motifs is 1. The van der Waals surface area contributed by atoms with Crippen LogP contribution in [0.4, 0.5) is 13.2 Å². The minimum atomic E-state index is -4.71. The van der Waals surface area contributed by atoms with E-state index in [-0.39, 0.29) is 11.0 Å². The van der Waals surface area contributed by atoms with Gasteiger partial charge in [-0.15, -0.1) is 24.9 Å². The Morgan fingerprint density at radius 1 is 1.17 bits per heavy atom. The number of hydrogen-bond acceptors (Lipinski definition) is 3. The SMILES string of the molecule is COc1ccc2c(c1)SC(c1ccc(Br)cc1OC(F)(F)F)C2. The Morgan fingerprint density at radius 2 is 1.96 bits per heavy atom. The number of benzene rings is 2. The Bertz CT molecular complexity index is 734. The summed E-state index contributed by atoms with van der Waals surface area (Å²) in [6.07, 6.45) is -4.06. The van der Waals surface area contributed by atoms with Crippen LogP contribution in [0.5, 0.6) is 11.5 Å². The summed E-state index contributed by atoms with van der Waals surface area (Å²) in [4.78, 5) is 1.02. The van der Waals surface area contributed by atoms with Crippen molar-refractivity contribution in [2.75, 3.05) is 7.11 Å². The third-order valence-corrected chi connectivity index (χ3v) is 5.33. The molecule has 0 spiro atoms. The van der Waals surface area contributed by atoms with Crippen LogP contribution < -0.4 is 9.47 Å². The van der Waals surface area contributed by atoms with Gasteiger partial charge >= 0.3 is 6.36 Å². The van der Waals surface area contributed by atoms with Crippen LogP contribution in [0.25, 0.3) is 0 Å². The molecule has 1 heterocycles. The molecule has 2 aromatic rings. The Balaban J connectivity index is 1.91. The van der Waals surface area contributed by atoms with E-state index >= 15 is 0 Å². The van der Waals surface area contributed by atoms with Gasteiger partial charge in [-0.3, -0.25) is 0 Å². The van der Waals surface area contributed by atoms with Crippen LogP contribution in [-0.2, 0) is 6.42 Å². The van der Waals surface area contributed by atoms with Crippen molar-refractivity contribution in [2.24, 2.45) is 0 Å².